The van der Waals surface area contributed by atoms with E-state index in [2.05, 4.69) is 9.44 Å². The fraction of sp³-hybridized carbons (Fsp3) is 0.889. The summed E-state index contributed by atoms with van der Waals surface area (Å²) in [5.41, 5.74) is 0. The van der Waals surface area contributed by atoms with Crippen LogP contribution in [-0.2, 0) is 15.0 Å². The molecule has 1 unspecified atom stereocenters. The van der Waals surface area contributed by atoms with Crippen LogP contribution in [0.2, 0.25) is 0 Å². The van der Waals surface area contributed by atoms with E-state index >= 15 is 0 Å². The molecule has 0 radical (unpaired) electrons. The molecule has 0 aromatic rings. The van der Waals surface area contributed by atoms with E-state index in [9.17, 15) is 13.2 Å². The second kappa shape index (κ2) is 6.82. The van der Waals surface area contributed by atoms with Crippen LogP contribution in [0, 0.1) is 11.8 Å². The lowest BCUT2D eigenvalue weighted by Gasteiger charge is -2.10. The SMILES string of the molecule is CC(C)CNS(=O)(=O)NCCC(C)C(=O)O. The van der Waals surface area contributed by atoms with E-state index in [1.165, 1.54) is 6.92 Å². The maximum Gasteiger partial charge on any atom is 0.306 e. The molecule has 0 amide bonds. The molecule has 0 aromatic carbocycles. The molecule has 6 nitrogen and oxygen atoms in total. The summed E-state index contributed by atoms with van der Waals surface area (Å²) in [6.07, 6.45) is 0.276. The van der Waals surface area contributed by atoms with Gasteiger partial charge < -0.3 is 5.11 Å². The van der Waals surface area contributed by atoms with Crippen molar-refractivity contribution in [3.63, 3.8) is 0 Å². The molecule has 0 aliphatic carbocycles. The summed E-state index contributed by atoms with van der Waals surface area (Å²) in [7, 11) is -3.49. The van der Waals surface area contributed by atoms with Gasteiger partial charge in [-0.15, -0.1) is 0 Å². The molecule has 0 bridgehead atoms. The minimum absolute atomic E-state index is 0.126. The molecule has 0 fully saturated rings. The third kappa shape index (κ3) is 7.61. The minimum atomic E-state index is -3.49. The molecular weight excluding hydrogens is 232 g/mol. The van der Waals surface area contributed by atoms with Crippen molar-refractivity contribution in [1.29, 1.82) is 0 Å². The Balaban J connectivity index is 3.87. The van der Waals surface area contributed by atoms with Crippen LogP contribution in [0.1, 0.15) is 27.2 Å². The first kappa shape index (κ1) is 15.3. The molecular formula is C9H20N2O4S. The van der Waals surface area contributed by atoms with E-state index in [4.69, 9.17) is 5.11 Å². The van der Waals surface area contributed by atoms with Gasteiger partial charge in [-0.1, -0.05) is 20.8 Å². The molecule has 0 saturated carbocycles. The Labute approximate surface area is 96.6 Å². The molecule has 0 spiro atoms. The fourth-order valence-electron chi connectivity index (χ4n) is 0.861. The number of carbonyl (C=O) groups is 1. The lowest BCUT2D eigenvalue weighted by molar-refractivity contribution is -0.141. The standard InChI is InChI=1S/C9H20N2O4S/c1-7(2)6-11-16(14,15)10-5-4-8(3)9(12)13/h7-8,10-11H,4-6H2,1-3H3,(H,12,13). The average molecular weight is 252 g/mol. The zero-order valence-corrected chi connectivity index (χ0v) is 10.7. The summed E-state index contributed by atoms with van der Waals surface area (Å²) < 4.78 is 27.3. The minimum Gasteiger partial charge on any atom is -0.481 e. The fourth-order valence-corrected chi connectivity index (χ4v) is 1.90. The van der Waals surface area contributed by atoms with Crippen LogP contribution in [0.4, 0.5) is 0 Å². The van der Waals surface area contributed by atoms with Crippen molar-refractivity contribution < 1.29 is 18.3 Å². The summed E-state index contributed by atoms with van der Waals surface area (Å²) in [6.45, 7) is 5.83. The van der Waals surface area contributed by atoms with Crippen molar-refractivity contribution in [3.05, 3.63) is 0 Å². The lowest BCUT2D eigenvalue weighted by atomic mass is 10.1. The van der Waals surface area contributed by atoms with Gasteiger partial charge in [-0.05, 0) is 12.3 Å². The van der Waals surface area contributed by atoms with Gasteiger partial charge in [-0.2, -0.15) is 8.42 Å². The Morgan fingerprint density at radius 2 is 1.81 bits per heavy atom. The number of hydrogen-bond acceptors (Lipinski definition) is 3. The van der Waals surface area contributed by atoms with Crippen LogP contribution in [-0.4, -0.2) is 32.6 Å². The lowest BCUT2D eigenvalue weighted by Crippen LogP contribution is -2.39. The normalized spacial score (nSPS) is 14.0. The second-order valence-corrected chi connectivity index (χ2v) is 5.75. The third-order valence-electron chi connectivity index (χ3n) is 1.97. The maximum absolute atomic E-state index is 11.3. The van der Waals surface area contributed by atoms with E-state index in [0.29, 0.717) is 6.54 Å². The van der Waals surface area contributed by atoms with Crippen molar-refractivity contribution in [1.82, 2.24) is 9.44 Å². The molecule has 0 heterocycles. The number of nitrogens with one attached hydrogen (secondary N) is 2. The van der Waals surface area contributed by atoms with Gasteiger partial charge in [-0.3, -0.25) is 4.79 Å². The predicted molar refractivity (Wildman–Crippen MR) is 61.2 cm³/mol. The number of hydrogen-bond donors (Lipinski definition) is 3. The smallest absolute Gasteiger partial charge is 0.306 e. The zero-order chi connectivity index (χ0) is 12.8. The first-order valence-corrected chi connectivity index (χ1v) is 6.70. The van der Waals surface area contributed by atoms with Crippen LogP contribution in [0.15, 0.2) is 0 Å². The summed E-state index contributed by atoms with van der Waals surface area (Å²) >= 11 is 0. The van der Waals surface area contributed by atoms with Gasteiger partial charge in [-0.25, -0.2) is 9.44 Å². The van der Waals surface area contributed by atoms with E-state index in [0.717, 1.165) is 0 Å². The van der Waals surface area contributed by atoms with Crippen LogP contribution >= 0.6 is 0 Å². The Bertz CT molecular complexity index is 313. The Hall–Kier alpha value is -0.660. The monoisotopic (exact) mass is 252 g/mol. The molecule has 1 atom stereocenters. The van der Waals surface area contributed by atoms with Crippen molar-refractivity contribution in [3.8, 4) is 0 Å². The Morgan fingerprint density at radius 3 is 2.25 bits per heavy atom. The molecule has 0 aliphatic heterocycles. The van der Waals surface area contributed by atoms with E-state index in [1.54, 1.807) is 0 Å². The first-order valence-electron chi connectivity index (χ1n) is 5.21. The largest absolute Gasteiger partial charge is 0.481 e. The van der Waals surface area contributed by atoms with Gasteiger partial charge in [0.15, 0.2) is 0 Å². The van der Waals surface area contributed by atoms with E-state index in [1.807, 2.05) is 13.8 Å². The molecule has 3 N–H and O–H groups in total. The molecule has 16 heavy (non-hydrogen) atoms. The first-order chi connectivity index (χ1) is 7.24. The predicted octanol–water partition coefficient (Wildman–Crippen LogP) is 0.177. The Morgan fingerprint density at radius 1 is 1.25 bits per heavy atom. The van der Waals surface area contributed by atoms with Crippen molar-refractivity contribution in [2.24, 2.45) is 11.8 Å². The molecule has 0 saturated heterocycles. The summed E-state index contributed by atoms with van der Waals surface area (Å²) in [4.78, 5) is 10.5. The van der Waals surface area contributed by atoms with Crippen LogP contribution in [0.5, 0.6) is 0 Å². The van der Waals surface area contributed by atoms with Gasteiger partial charge in [0.1, 0.15) is 0 Å². The molecule has 7 heteroatoms. The highest BCUT2D eigenvalue weighted by Gasteiger charge is 2.13. The number of carboxylic acids is 1. The highest BCUT2D eigenvalue weighted by atomic mass is 32.2. The second-order valence-electron chi connectivity index (χ2n) is 4.17. The summed E-state index contributed by atoms with van der Waals surface area (Å²) in [6, 6.07) is 0. The third-order valence-corrected chi connectivity index (χ3v) is 3.10. The Kier molecular flexibility index (Phi) is 6.54. The summed E-state index contributed by atoms with van der Waals surface area (Å²) in [5.74, 6) is -1.24. The highest BCUT2D eigenvalue weighted by Crippen LogP contribution is 2.00. The maximum atomic E-state index is 11.3. The van der Waals surface area contributed by atoms with E-state index < -0.39 is 22.1 Å². The van der Waals surface area contributed by atoms with Gasteiger partial charge >= 0.3 is 5.97 Å². The van der Waals surface area contributed by atoms with Crippen LogP contribution in [0.25, 0.3) is 0 Å². The molecule has 0 aliphatic rings. The zero-order valence-electron chi connectivity index (χ0n) is 9.86. The van der Waals surface area contributed by atoms with Crippen molar-refractivity contribution in [2.45, 2.75) is 27.2 Å². The average Bonchev–Trinajstić information content (AvgIpc) is 2.14. The topological polar surface area (TPSA) is 95.5 Å². The summed E-state index contributed by atoms with van der Waals surface area (Å²) in [5, 5.41) is 8.59. The van der Waals surface area contributed by atoms with Crippen LogP contribution < -0.4 is 9.44 Å². The molecule has 96 valence electrons. The molecule has 0 rings (SSSR count). The quantitative estimate of drug-likeness (QED) is 0.574. The number of carboxylic acid groups (broad SMARTS) is 1. The van der Waals surface area contributed by atoms with Crippen molar-refractivity contribution in [2.75, 3.05) is 13.1 Å². The number of aliphatic carboxylic acids is 1. The molecule has 0 aromatic heterocycles. The highest BCUT2D eigenvalue weighted by molar-refractivity contribution is 7.87. The van der Waals surface area contributed by atoms with Gasteiger partial charge in [0.25, 0.3) is 10.2 Å². The van der Waals surface area contributed by atoms with Gasteiger partial charge in [0.2, 0.25) is 0 Å². The number of rotatable bonds is 8. The van der Waals surface area contributed by atoms with Crippen molar-refractivity contribution >= 4 is 16.2 Å². The van der Waals surface area contributed by atoms with Crippen LogP contribution in [0.3, 0.4) is 0 Å². The van der Waals surface area contributed by atoms with E-state index in [-0.39, 0.29) is 18.9 Å². The van der Waals surface area contributed by atoms with Gasteiger partial charge in [0, 0.05) is 13.1 Å². The van der Waals surface area contributed by atoms with Gasteiger partial charge in [0.05, 0.1) is 5.92 Å².